The minimum Gasteiger partial charge on any atom is -0.397 e. The maximum atomic E-state index is 5.70. The molecular formula is C16H25N3. The highest BCUT2D eigenvalue weighted by Gasteiger charge is 2.45. The Morgan fingerprint density at radius 2 is 2.37 bits per heavy atom. The quantitative estimate of drug-likeness (QED) is 0.907. The normalized spacial score (nSPS) is 32.4. The lowest BCUT2D eigenvalue weighted by molar-refractivity contribution is 0.257. The van der Waals surface area contributed by atoms with Crippen LogP contribution in [-0.2, 0) is 0 Å². The molecule has 0 aromatic carbocycles. The van der Waals surface area contributed by atoms with Crippen LogP contribution in [0.3, 0.4) is 0 Å². The summed E-state index contributed by atoms with van der Waals surface area (Å²) in [6, 6.07) is 4.03. The van der Waals surface area contributed by atoms with E-state index in [1.54, 1.807) is 6.20 Å². The molecule has 2 heterocycles. The van der Waals surface area contributed by atoms with Crippen molar-refractivity contribution in [3.63, 3.8) is 0 Å². The van der Waals surface area contributed by atoms with Crippen molar-refractivity contribution in [1.29, 1.82) is 0 Å². The van der Waals surface area contributed by atoms with Gasteiger partial charge in [-0.1, -0.05) is 20.3 Å². The van der Waals surface area contributed by atoms with Crippen LogP contribution in [0.25, 0.3) is 0 Å². The summed E-state index contributed by atoms with van der Waals surface area (Å²) in [7, 11) is 0. The first kappa shape index (κ1) is 12.9. The van der Waals surface area contributed by atoms with E-state index in [9.17, 15) is 0 Å². The number of rotatable bonds is 3. The largest absolute Gasteiger partial charge is 0.397 e. The number of nitrogens with zero attached hydrogens (tertiary/aromatic N) is 2. The molecule has 2 N–H and O–H groups in total. The van der Waals surface area contributed by atoms with Crippen molar-refractivity contribution in [1.82, 2.24) is 9.88 Å². The summed E-state index contributed by atoms with van der Waals surface area (Å²) >= 11 is 0. The second-order valence-electron chi connectivity index (χ2n) is 6.85. The van der Waals surface area contributed by atoms with Crippen LogP contribution < -0.4 is 5.73 Å². The van der Waals surface area contributed by atoms with Crippen LogP contribution in [0.4, 0.5) is 5.69 Å². The number of likely N-dealkylation sites (tertiary alicyclic amines) is 1. The fourth-order valence-electron chi connectivity index (χ4n) is 4.04. The maximum absolute atomic E-state index is 5.70. The highest BCUT2D eigenvalue weighted by Crippen LogP contribution is 2.48. The third kappa shape index (κ3) is 2.48. The Labute approximate surface area is 116 Å². The molecule has 0 radical (unpaired) electrons. The third-order valence-electron chi connectivity index (χ3n) is 5.20. The van der Waals surface area contributed by atoms with Crippen LogP contribution in [0, 0.1) is 11.3 Å². The van der Waals surface area contributed by atoms with Crippen molar-refractivity contribution in [2.24, 2.45) is 11.3 Å². The fourth-order valence-corrected chi connectivity index (χ4v) is 4.04. The average Bonchev–Trinajstić information content (AvgIpc) is 2.84. The number of anilines is 1. The van der Waals surface area contributed by atoms with E-state index in [0.717, 1.165) is 23.8 Å². The van der Waals surface area contributed by atoms with Gasteiger partial charge in [-0.3, -0.25) is 4.98 Å². The summed E-state index contributed by atoms with van der Waals surface area (Å²) in [5.74, 6) is 1.42. The molecule has 0 spiro atoms. The van der Waals surface area contributed by atoms with Gasteiger partial charge in [0.05, 0.1) is 11.9 Å². The van der Waals surface area contributed by atoms with Crippen molar-refractivity contribution < 1.29 is 0 Å². The number of hydrogen-bond donors (Lipinski definition) is 1. The van der Waals surface area contributed by atoms with Crippen LogP contribution in [0.5, 0.6) is 0 Å². The van der Waals surface area contributed by atoms with Gasteiger partial charge in [-0.15, -0.1) is 0 Å². The van der Waals surface area contributed by atoms with Gasteiger partial charge in [-0.05, 0) is 36.3 Å². The van der Waals surface area contributed by atoms with E-state index in [1.165, 1.54) is 32.4 Å². The van der Waals surface area contributed by atoms with Crippen molar-refractivity contribution in [3.8, 4) is 0 Å². The lowest BCUT2D eigenvalue weighted by atomic mass is 9.83. The topological polar surface area (TPSA) is 42.1 Å². The summed E-state index contributed by atoms with van der Waals surface area (Å²) < 4.78 is 0. The fraction of sp³-hybridized carbons (Fsp3) is 0.688. The Bertz CT molecular complexity index is 442. The van der Waals surface area contributed by atoms with E-state index in [1.807, 2.05) is 6.07 Å². The van der Waals surface area contributed by atoms with E-state index in [2.05, 4.69) is 29.8 Å². The highest BCUT2D eigenvalue weighted by molar-refractivity contribution is 5.35. The summed E-state index contributed by atoms with van der Waals surface area (Å²) in [6.45, 7) is 8.45. The molecule has 3 heteroatoms. The van der Waals surface area contributed by atoms with Crippen LogP contribution >= 0.6 is 0 Å². The molecule has 3 atom stereocenters. The Balaban J connectivity index is 1.62. The monoisotopic (exact) mass is 259 g/mol. The smallest absolute Gasteiger partial charge is 0.0501 e. The molecule has 2 aliphatic rings. The average molecular weight is 259 g/mol. The zero-order chi connectivity index (χ0) is 13.5. The van der Waals surface area contributed by atoms with Gasteiger partial charge < -0.3 is 10.6 Å². The minimum absolute atomic E-state index is 0.489. The molecule has 1 aliphatic carbocycles. The second-order valence-corrected chi connectivity index (χ2v) is 6.85. The maximum Gasteiger partial charge on any atom is 0.0501 e. The van der Waals surface area contributed by atoms with Gasteiger partial charge in [-0.2, -0.15) is 0 Å². The Hall–Kier alpha value is -1.09. The van der Waals surface area contributed by atoms with Crippen molar-refractivity contribution in [2.45, 2.75) is 39.0 Å². The molecule has 1 saturated carbocycles. The molecule has 0 amide bonds. The number of nitrogen functional groups attached to an aromatic ring is 1. The Morgan fingerprint density at radius 3 is 3.05 bits per heavy atom. The molecule has 104 valence electrons. The van der Waals surface area contributed by atoms with Gasteiger partial charge in [0.1, 0.15) is 0 Å². The lowest BCUT2D eigenvalue weighted by Crippen LogP contribution is -2.28. The molecule has 1 unspecified atom stereocenters. The van der Waals surface area contributed by atoms with Gasteiger partial charge in [0, 0.05) is 31.2 Å². The van der Waals surface area contributed by atoms with Gasteiger partial charge in [0.2, 0.25) is 0 Å². The Kier molecular flexibility index (Phi) is 3.25. The molecule has 2 fully saturated rings. The van der Waals surface area contributed by atoms with Crippen LogP contribution in [0.15, 0.2) is 18.3 Å². The summed E-state index contributed by atoms with van der Waals surface area (Å²) in [5.41, 5.74) is 8.20. The van der Waals surface area contributed by atoms with E-state index < -0.39 is 0 Å². The zero-order valence-electron chi connectivity index (χ0n) is 12.1. The van der Waals surface area contributed by atoms with Crippen molar-refractivity contribution >= 4 is 5.69 Å². The summed E-state index contributed by atoms with van der Waals surface area (Å²) in [5, 5.41) is 0. The molecule has 3 nitrogen and oxygen atoms in total. The van der Waals surface area contributed by atoms with Crippen LogP contribution in [0.2, 0.25) is 0 Å². The SMILES string of the molecule is CC(CN1C[C@@H]2CCC[C@]2(C)C1)c1ccc(N)cn1. The summed E-state index contributed by atoms with van der Waals surface area (Å²) in [4.78, 5) is 7.10. The number of fused-ring (bicyclic) bond motifs is 1. The molecule has 1 saturated heterocycles. The number of pyridine rings is 1. The van der Waals surface area contributed by atoms with E-state index in [4.69, 9.17) is 5.73 Å². The zero-order valence-corrected chi connectivity index (χ0v) is 12.1. The number of aromatic nitrogens is 1. The van der Waals surface area contributed by atoms with Gasteiger partial charge in [-0.25, -0.2) is 0 Å². The van der Waals surface area contributed by atoms with Crippen LogP contribution in [-0.4, -0.2) is 29.5 Å². The molecule has 0 bridgehead atoms. The Morgan fingerprint density at radius 1 is 1.53 bits per heavy atom. The van der Waals surface area contributed by atoms with E-state index >= 15 is 0 Å². The molecule has 1 aliphatic heterocycles. The van der Waals surface area contributed by atoms with Crippen LogP contribution in [0.1, 0.15) is 44.7 Å². The third-order valence-corrected chi connectivity index (χ3v) is 5.20. The first-order valence-corrected chi connectivity index (χ1v) is 7.51. The highest BCUT2D eigenvalue weighted by atomic mass is 15.2. The first-order chi connectivity index (χ1) is 9.07. The number of nitrogens with two attached hydrogens (primary N) is 1. The predicted molar refractivity (Wildman–Crippen MR) is 79.0 cm³/mol. The first-order valence-electron chi connectivity index (χ1n) is 7.51. The standard InChI is InChI=1S/C16H25N3/c1-12(15-6-5-14(17)8-18-15)9-19-10-13-4-3-7-16(13,2)11-19/h5-6,8,12-13H,3-4,7,9-11,17H2,1-2H3/t12?,13-,16+/m0/s1. The van der Waals surface area contributed by atoms with Gasteiger partial charge in [0.15, 0.2) is 0 Å². The molecular weight excluding hydrogens is 234 g/mol. The predicted octanol–water partition coefficient (Wildman–Crippen LogP) is 2.89. The van der Waals surface area contributed by atoms with Crippen molar-refractivity contribution in [3.05, 3.63) is 24.0 Å². The molecule has 1 aromatic heterocycles. The van der Waals surface area contributed by atoms with E-state index in [0.29, 0.717) is 11.3 Å². The van der Waals surface area contributed by atoms with E-state index in [-0.39, 0.29) is 0 Å². The number of hydrogen-bond acceptors (Lipinski definition) is 3. The lowest BCUT2D eigenvalue weighted by Gasteiger charge is -2.24. The van der Waals surface area contributed by atoms with Crippen molar-refractivity contribution in [2.75, 3.05) is 25.4 Å². The van der Waals surface area contributed by atoms with Gasteiger partial charge in [0.25, 0.3) is 0 Å². The molecule has 1 aromatic rings. The summed E-state index contributed by atoms with van der Waals surface area (Å²) in [6.07, 6.45) is 6.06. The molecule has 3 rings (SSSR count). The van der Waals surface area contributed by atoms with Gasteiger partial charge >= 0.3 is 0 Å². The second kappa shape index (κ2) is 4.78. The molecule has 19 heavy (non-hydrogen) atoms. The minimum atomic E-state index is 0.489.